The Morgan fingerprint density at radius 2 is 0.658 bits per heavy atom. The van der Waals surface area contributed by atoms with Crippen molar-refractivity contribution in [3.05, 3.63) is 276 Å². The summed E-state index contributed by atoms with van der Waals surface area (Å²) in [5.41, 5.74) is 5.94. The minimum atomic E-state index is -4.37. The van der Waals surface area contributed by atoms with Gasteiger partial charge in [-0.25, -0.2) is 8.78 Å². The molecule has 9 N–H and O–H groups in total. The number of benzene rings is 8. The molecule has 111 heavy (non-hydrogen) atoms. The number of amides is 8. The van der Waals surface area contributed by atoms with E-state index in [9.17, 15) is 60.3 Å². The molecule has 0 saturated carbocycles. The molecule has 0 aromatic heterocycles. The Hall–Kier alpha value is -11.0. The largest absolute Gasteiger partial charge is 0.497 e. The highest BCUT2D eigenvalue weighted by molar-refractivity contribution is 6.42. The van der Waals surface area contributed by atoms with E-state index in [-0.39, 0.29) is 107 Å². The fraction of sp³-hybridized carbons (Fsp3) is 0.329. The molecule has 0 radical (unpaired) electrons. The number of nitrogens with zero attached hydrogens (tertiary/aromatic N) is 1. The highest BCUT2D eigenvalue weighted by atomic mass is 35.5. The van der Waals surface area contributed by atoms with Crippen LogP contribution >= 0.6 is 23.2 Å². The summed E-state index contributed by atoms with van der Waals surface area (Å²) < 4.78 is 66.9. The van der Waals surface area contributed by atoms with Crippen LogP contribution in [-0.4, -0.2) is 108 Å². The molecular formula is C85H104Cl2F5N9O10. The lowest BCUT2D eigenvalue weighted by molar-refractivity contribution is -0.137. The van der Waals surface area contributed by atoms with Crippen LogP contribution in [0, 0.1) is 29.9 Å². The summed E-state index contributed by atoms with van der Waals surface area (Å²) in [6.07, 6.45) is -4.37. The Morgan fingerprint density at radius 3 is 0.955 bits per heavy atom. The van der Waals surface area contributed by atoms with E-state index in [1.54, 1.807) is 138 Å². The number of carbonyl (C=O) groups is 8. The second-order valence-corrected chi connectivity index (χ2v) is 27.7. The van der Waals surface area contributed by atoms with Crippen LogP contribution in [-0.2, 0) is 12.8 Å². The quantitative estimate of drug-likeness (QED) is 0.0364. The van der Waals surface area contributed by atoms with Gasteiger partial charge in [-0.2, -0.15) is 18.4 Å². The van der Waals surface area contributed by atoms with E-state index in [0.29, 0.717) is 43.4 Å². The average molecular weight is 1580 g/mol. The van der Waals surface area contributed by atoms with E-state index in [1.807, 2.05) is 139 Å². The monoisotopic (exact) mass is 1580 g/mol. The van der Waals surface area contributed by atoms with Gasteiger partial charge in [-0.1, -0.05) is 71.2 Å². The van der Waals surface area contributed by atoms with Gasteiger partial charge in [0.15, 0.2) is 11.6 Å². The molecule has 19 nitrogen and oxygen atoms in total. The second-order valence-electron chi connectivity index (χ2n) is 26.9. The van der Waals surface area contributed by atoms with Crippen molar-refractivity contribution in [2.45, 2.75) is 179 Å². The number of carbonyl (C=O) groups excluding carboxylic acids is 8. The van der Waals surface area contributed by atoms with Gasteiger partial charge < -0.3 is 52.4 Å². The van der Waals surface area contributed by atoms with Crippen LogP contribution in [0.1, 0.15) is 216 Å². The summed E-state index contributed by atoms with van der Waals surface area (Å²) in [5.74, 6) is -2.38. The molecule has 598 valence electrons. The van der Waals surface area contributed by atoms with Crippen LogP contribution < -0.4 is 47.3 Å². The smallest absolute Gasteiger partial charge is 0.416 e. The maximum Gasteiger partial charge on any atom is 0.416 e. The summed E-state index contributed by atoms with van der Waals surface area (Å²) in [6.45, 7) is 32.2. The molecule has 8 aromatic rings. The third-order valence-corrected chi connectivity index (χ3v) is 14.3. The number of nitriles is 1. The molecule has 0 bridgehead atoms. The van der Waals surface area contributed by atoms with Gasteiger partial charge in [-0.05, 0) is 269 Å². The molecule has 0 aliphatic carbocycles. The van der Waals surface area contributed by atoms with Crippen LogP contribution in [0.3, 0.4) is 0 Å². The first-order chi connectivity index (χ1) is 52.0. The van der Waals surface area contributed by atoms with Gasteiger partial charge in [-0.3, -0.25) is 38.4 Å². The zero-order valence-corrected chi connectivity index (χ0v) is 67.5. The number of nitrogens with one attached hydrogen (secondary N) is 8. The van der Waals surface area contributed by atoms with Gasteiger partial charge in [0.1, 0.15) is 5.75 Å². The van der Waals surface area contributed by atoms with Crippen molar-refractivity contribution in [3.63, 3.8) is 0 Å². The number of hydrogen-bond acceptors (Lipinski definition) is 11. The minimum Gasteiger partial charge on any atom is -0.497 e. The number of ether oxygens (including phenoxy) is 1. The Labute approximate surface area is 659 Å². The Morgan fingerprint density at radius 1 is 0.378 bits per heavy atom. The number of alkyl halides is 3. The SMILES string of the molecule is CC(C)NC(=O)c1ccc(C#N)cc1.CC(C)NC(=O)c1ccc(C(F)(F)F)cc1.CC(C)NC(=O)c1ccc(CO)cc1.CC(C)NC(=O)c1ccc(Cl)c(Cl)c1.CC(C)NC(=O)c1ccc(F)c(F)c1.CC(C)NC(=O)c1ccccc1.COc1ccc(C(=O)NC(C)C)cc1.Cc1ccc(C(=O)NC(C)C)cc1. The first kappa shape index (κ1) is 98.0. The van der Waals surface area contributed by atoms with Crippen molar-refractivity contribution in [2.24, 2.45) is 0 Å². The maximum absolute atomic E-state index is 12.7. The van der Waals surface area contributed by atoms with Crippen molar-refractivity contribution in [1.82, 2.24) is 42.5 Å². The number of hydrogen-bond donors (Lipinski definition) is 9. The van der Waals surface area contributed by atoms with Crippen LogP contribution in [0.2, 0.25) is 10.0 Å². The summed E-state index contributed by atoms with van der Waals surface area (Å²) in [4.78, 5) is 91.5. The number of methoxy groups -OCH3 is 1. The van der Waals surface area contributed by atoms with E-state index >= 15 is 0 Å². The summed E-state index contributed by atoms with van der Waals surface area (Å²) in [6, 6.07) is 52.1. The number of halogens is 7. The van der Waals surface area contributed by atoms with Crippen molar-refractivity contribution < 1.29 is 70.2 Å². The third kappa shape index (κ3) is 42.0. The summed E-state index contributed by atoms with van der Waals surface area (Å²) in [7, 11) is 1.60. The highest BCUT2D eigenvalue weighted by Gasteiger charge is 2.30. The standard InChI is InChI=1S/C11H12F3NO.C11H12N2O.2C11H15NO2.C11H15NO.C10H11Cl2NO.C10H11F2NO.C10H13NO/c1-7(2)15-10(16)8-3-5-9(6-4-8)11(12,13)14;1-8(2)13-11(14)10-5-3-9(7-12)4-6-10;1-8(2)12-11(13)9-4-6-10(14-3)7-5-9;1-8(2)12-11(14)10-5-3-9(7-13)4-6-10;1-8(2)12-11(13)10-6-4-9(3)5-7-10;2*1-6(2)13-10(14)7-3-4-8(11)9(12)5-7;1-8(2)11-10(12)9-6-4-3-5-7-9/h3-7H,1-2H3,(H,15,16);3-6,8H,1-2H3,(H,13,14);4-8H,1-3H3,(H,12,13);3-6,8,13H,7H2,1-2H3,(H,12,14);4-8H,1-3H3,(H,12,13);2*3-6H,1-2H3,(H,13,14);3-8H,1-2H3,(H,11,12). The Bertz CT molecular complexity index is 4080. The van der Waals surface area contributed by atoms with Crippen LogP contribution in [0.25, 0.3) is 0 Å². The number of aliphatic hydroxyl groups is 1. The van der Waals surface area contributed by atoms with Crippen LogP contribution in [0.5, 0.6) is 5.75 Å². The van der Waals surface area contributed by atoms with E-state index in [2.05, 4.69) is 42.5 Å². The molecule has 0 unspecified atom stereocenters. The molecule has 8 amide bonds. The minimum absolute atomic E-state index is 0.00463. The van der Waals surface area contributed by atoms with Gasteiger partial charge >= 0.3 is 6.18 Å². The predicted molar refractivity (Wildman–Crippen MR) is 429 cm³/mol. The zero-order valence-electron chi connectivity index (χ0n) is 65.9. The predicted octanol–water partition coefficient (Wildman–Crippen LogP) is 16.9. The van der Waals surface area contributed by atoms with E-state index < -0.39 is 29.3 Å². The fourth-order valence-electron chi connectivity index (χ4n) is 8.34. The molecule has 8 aromatic carbocycles. The first-order valence-corrected chi connectivity index (χ1v) is 36.3. The van der Waals surface area contributed by atoms with Crippen molar-refractivity contribution in [1.29, 1.82) is 5.26 Å². The van der Waals surface area contributed by atoms with Crippen LogP contribution in [0.4, 0.5) is 22.0 Å². The van der Waals surface area contributed by atoms with Gasteiger partial charge in [0.2, 0.25) is 0 Å². The topological polar surface area (TPSA) is 286 Å². The van der Waals surface area contributed by atoms with E-state index in [1.165, 1.54) is 23.8 Å². The van der Waals surface area contributed by atoms with Crippen molar-refractivity contribution in [3.8, 4) is 11.8 Å². The molecule has 0 saturated heterocycles. The number of aliphatic hydroxyl groups excluding tert-OH is 1. The number of rotatable bonds is 18. The Kier molecular flexibility index (Phi) is 45.4. The molecule has 8 rings (SSSR count). The van der Waals surface area contributed by atoms with E-state index in [0.717, 1.165) is 41.1 Å². The van der Waals surface area contributed by atoms with E-state index in [4.69, 9.17) is 38.3 Å². The summed E-state index contributed by atoms with van der Waals surface area (Å²) >= 11 is 11.5. The number of aryl methyl sites for hydroxylation is 1. The molecular weight excluding hydrogens is 1470 g/mol. The molecule has 0 atom stereocenters. The van der Waals surface area contributed by atoms with Gasteiger partial charge in [0, 0.05) is 92.8 Å². The molecule has 0 heterocycles. The van der Waals surface area contributed by atoms with Gasteiger partial charge in [0.25, 0.3) is 47.3 Å². The molecule has 26 heteroatoms. The Balaban J connectivity index is 0.000000635. The molecule has 0 aliphatic rings. The average Bonchev–Trinajstić information content (AvgIpc) is 0.853. The summed E-state index contributed by atoms with van der Waals surface area (Å²) in [5, 5.41) is 40.2. The lowest BCUT2D eigenvalue weighted by atomic mass is 10.1. The van der Waals surface area contributed by atoms with Gasteiger partial charge in [0.05, 0.1) is 41.0 Å². The lowest BCUT2D eigenvalue weighted by Gasteiger charge is -2.10. The molecule has 0 spiro atoms. The lowest BCUT2D eigenvalue weighted by Crippen LogP contribution is -2.30. The fourth-order valence-corrected chi connectivity index (χ4v) is 8.64. The van der Waals surface area contributed by atoms with Gasteiger partial charge in [-0.15, -0.1) is 0 Å². The highest BCUT2D eigenvalue weighted by Crippen LogP contribution is 2.29. The van der Waals surface area contributed by atoms with Crippen molar-refractivity contribution in [2.75, 3.05) is 7.11 Å². The molecule has 0 aliphatic heterocycles. The second kappa shape index (κ2) is 51.4. The maximum atomic E-state index is 12.7. The normalized spacial score (nSPS) is 10.3. The third-order valence-electron chi connectivity index (χ3n) is 13.6. The molecule has 0 fully saturated rings. The van der Waals surface area contributed by atoms with Crippen LogP contribution in [0.15, 0.2) is 188 Å². The van der Waals surface area contributed by atoms with Crippen molar-refractivity contribution >= 4 is 70.5 Å². The zero-order chi connectivity index (χ0) is 84.3. The first-order valence-electron chi connectivity index (χ1n) is 35.5.